The first kappa shape index (κ1) is 12.4. The zero-order valence-electron chi connectivity index (χ0n) is 10.8. The third-order valence-electron chi connectivity index (χ3n) is 3.72. The number of rotatable bonds is 5. The molecule has 0 aromatic heterocycles. The molecule has 2 nitrogen and oxygen atoms in total. The Kier molecular flexibility index (Phi) is 4.06. The highest BCUT2D eigenvalue weighted by Gasteiger charge is 2.20. The molecule has 1 aromatic rings. The molecule has 2 atom stereocenters. The summed E-state index contributed by atoms with van der Waals surface area (Å²) >= 11 is 0. The molecule has 2 heteroatoms. The van der Waals surface area contributed by atoms with Crippen LogP contribution in [0.1, 0.15) is 51.2 Å². The fraction of sp³-hybridized carbons (Fsp3) is 0.600. The molecule has 0 radical (unpaired) electrons. The van der Waals surface area contributed by atoms with Gasteiger partial charge in [0.2, 0.25) is 0 Å². The number of aliphatic hydroxyl groups excluding tert-OH is 1. The highest BCUT2D eigenvalue weighted by atomic mass is 16.3. The van der Waals surface area contributed by atoms with Gasteiger partial charge in [-0.05, 0) is 32.3 Å². The lowest BCUT2D eigenvalue weighted by Gasteiger charge is -2.29. The first-order valence-electron chi connectivity index (χ1n) is 6.70. The molecule has 0 aliphatic heterocycles. The van der Waals surface area contributed by atoms with Crippen molar-refractivity contribution in [2.45, 2.75) is 51.7 Å². The number of hydrogen-bond donors (Lipinski definition) is 2. The van der Waals surface area contributed by atoms with Crippen LogP contribution >= 0.6 is 0 Å². The summed E-state index contributed by atoms with van der Waals surface area (Å²) in [7, 11) is 0. The molecule has 1 fully saturated rings. The molecule has 2 N–H and O–H groups in total. The van der Waals surface area contributed by atoms with Crippen molar-refractivity contribution in [2.24, 2.45) is 5.92 Å². The first-order chi connectivity index (χ1) is 8.16. The first-order valence-corrected chi connectivity index (χ1v) is 6.70. The van der Waals surface area contributed by atoms with Crippen LogP contribution in [0.25, 0.3) is 0 Å². The second-order valence-corrected chi connectivity index (χ2v) is 5.34. The molecule has 1 aromatic carbocycles. The molecule has 2 unspecified atom stereocenters. The van der Waals surface area contributed by atoms with Crippen LogP contribution in [-0.4, -0.2) is 11.1 Å². The third kappa shape index (κ3) is 3.22. The Bertz CT molecular complexity index is 358. The van der Waals surface area contributed by atoms with Gasteiger partial charge in [-0.2, -0.15) is 0 Å². The summed E-state index contributed by atoms with van der Waals surface area (Å²) in [6.07, 6.45) is 5.03. The van der Waals surface area contributed by atoms with Gasteiger partial charge in [0.1, 0.15) is 0 Å². The zero-order valence-corrected chi connectivity index (χ0v) is 10.8. The molecular weight excluding hydrogens is 210 g/mol. The van der Waals surface area contributed by atoms with Crippen LogP contribution in [0.3, 0.4) is 0 Å². The van der Waals surface area contributed by atoms with Crippen molar-refractivity contribution in [2.75, 3.05) is 5.32 Å². The molecule has 17 heavy (non-hydrogen) atoms. The molecule has 2 rings (SSSR count). The van der Waals surface area contributed by atoms with Gasteiger partial charge in [-0.3, -0.25) is 0 Å². The van der Waals surface area contributed by atoms with Crippen LogP contribution in [0.2, 0.25) is 0 Å². The average molecular weight is 233 g/mol. The lowest BCUT2D eigenvalue weighted by Crippen LogP contribution is -2.23. The quantitative estimate of drug-likeness (QED) is 0.812. The highest BCUT2D eigenvalue weighted by molar-refractivity contribution is 5.52. The summed E-state index contributed by atoms with van der Waals surface area (Å²) < 4.78 is 0. The zero-order chi connectivity index (χ0) is 12.3. The molecule has 0 bridgehead atoms. The number of para-hydroxylation sites is 1. The normalized spacial score (nSPS) is 19.5. The molecule has 0 amide bonds. The molecular formula is C15H23NO. The standard InChI is InChI=1S/C15H23NO/c1-11(10-13-6-5-7-13)16-15-9-4-3-8-14(15)12(2)17/h3-4,8-9,11-13,16-17H,5-7,10H2,1-2H3. The second-order valence-electron chi connectivity index (χ2n) is 5.34. The lowest BCUT2D eigenvalue weighted by atomic mass is 9.81. The van der Waals surface area contributed by atoms with Crippen LogP contribution < -0.4 is 5.32 Å². The van der Waals surface area contributed by atoms with Gasteiger partial charge in [0.15, 0.2) is 0 Å². The van der Waals surface area contributed by atoms with Crippen molar-refractivity contribution in [1.29, 1.82) is 0 Å². The van der Waals surface area contributed by atoms with Gasteiger partial charge in [0.25, 0.3) is 0 Å². The Balaban J connectivity index is 1.96. The van der Waals surface area contributed by atoms with Crippen molar-refractivity contribution in [1.82, 2.24) is 0 Å². The largest absolute Gasteiger partial charge is 0.389 e. The molecule has 1 saturated carbocycles. The summed E-state index contributed by atoms with van der Waals surface area (Å²) in [5.41, 5.74) is 2.07. The minimum atomic E-state index is -0.408. The van der Waals surface area contributed by atoms with Crippen LogP contribution in [0, 0.1) is 5.92 Å². The van der Waals surface area contributed by atoms with E-state index in [4.69, 9.17) is 0 Å². The predicted octanol–water partition coefficient (Wildman–Crippen LogP) is 3.73. The SMILES string of the molecule is CC(CC1CCC1)Nc1ccccc1C(C)O. The summed E-state index contributed by atoms with van der Waals surface area (Å²) in [6.45, 7) is 4.05. The predicted molar refractivity (Wildman–Crippen MR) is 72.1 cm³/mol. The average Bonchev–Trinajstić information content (AvgIpc) is 2.24. The van der Waals surface area contributed by atoms with E-state index in [-0.39, 0.29) is 0 Å². The molecule has 94 valence electrons. The van der Waals surface area contributed by atoms with E-state index in [1.807, 2.05) is 25.1 Å². The fourth-order valence-electron chi connectivity index (χ4n) is 2.55. The Morgan fingerprint density at radius 2 is 2.00 bits per heavy atom. The van der Waals surface area contributed by atoms with E-state index >= 15 is 0 Å². The smallest absolute Gasteiger partial charge is 0.0781 e. The number of nitrogens with one attached hydrogen (secondary N) is 1. The third-order valence-corrected chi connectivity index (χ3v) is 3.72. The Morgan fingerprint density at radius 3 is 2.59 bits per heavy atom. The second kappa shape index (κ2) is 5.54. The van der Waals surface area contributed by atoms with E-state index in [1.54, 1.807) is 0 Å². The van der Waals surface area contributed by atoms with Crippen molar-refractivity contribution in [3.8, 4) is 0 Å². The van der Waals surface area contributed by atoms with Gasteiger partial charge < -0.3 is 10.4 Å². The van der Waals surface area contributed by atoms with E-state index in [1.165, 1.54) is 25.7 Å². The number of benzene rings is 1. The number of aliphatic hydroxyl groups is 1. The minimum Gasteiger partial charge on any atom is -0.389 e. The maximum Gasteiger partial charge on any atom is 0.0781 e. The summed E-state index contributed by atoms with van der Waals surface area (Å²) in [4.78, 5) is 0. The van der Waals surface area contributed by atoms with E-state index in [2.05, 4.69) is 18.3 Å². The Hall–Kier alpha value is -1.02. The molecule has 1 aliphatic rings. The molecule has 1 aliphatic carbocycles. The van der Waals surface area contributed by atoms with Gasteiger partial charge >= 0.3 is 0 Å². The van der Waals surface area contributed by atoms with E-state index in [9.17, 15) is 5.11 Å². The van der Waals surface area contributed by atoms with Gasteiger partial charge in [-0.15, -0.1) is 0 Å². The monoisotopic (exact) mass is 233 g/mol. The van der Waals surface area contributed by atoms with Gasteiger partial charge in [-0.1, -0.05) is 37.5 Å². The van der Waals surface area contributed by atoms with Crippen LogP contribution in [-0.2, 0) is 0 Å². The maximum absolute atomic E-state index is 9.72. The topological polar surface area (TPSA) is 32.3 Å². The van der Waals surface area contributed by atoms with Crippen LogP contribution in [0.15, 0.2) is 24.3 Å². The summed E-state index contributed by atoms with van der Waals surface area (Å²) in [5, 5.41) is 13.2. The van der Waals surface area contributed by atoms with Crippen molar-refractivity contribution >= 4 is 5.69 Å². The maximum atomic E-state index is 9.72. The van der Waals surface area contributed by atoms with Crippen molar-refractivity contribution in [3.63, 3.8) is 0 Å². The number of anilines is 1. The van der Waals surface area contributed by atoms with Crippen molar-refractivity contribution < 1.29 is 5.11 Å². The molecule has 0 heterocycles. The van der Waals surface area contributed by atoms with E-state index < -0.39 is 6.10 Å². The minimum absolute atomic E-state index is 0.408. The van der Waals surface area contributed by atoms with Gasteiger partial charge in [-0.25, -0.2) is 0 Å². The van der Waals surface area contributed by atoms with Crippen molar-refractivity contribution in [3.05, 3.63) is 29.8 Å². The highest BCUT2D eigenvalue weighted by Crippen LogP contribution is 2.31. The number of hydrogen-bond acceptors (Lipinski definition) is 2. The Morgan fingerprint density at radius 1 is 1.29 bits per heavy atom. The fourth-order valence-corrected chi connectivity index (χ4v) is 2.55. The van der Waals surface area contributed by atoms with E-state index in [0.717, 1.165) is 17.2 Å². The van der Waals surface area contributed by atoms with Gasteiger partial charge in [0, 0.05) is 17.3 Å². The lowest BCUT2D eigenvalue weighted by molar-refractivity contribution is 0.200. The molecule has 0 saturated heterocycles. The Labute approximate surface area is 104 Å². The van der Waals surface area contributed by atoms with Crippen LogP contribution in [0.5, 0.6) is 0 Å². The van der Waals surface area contributed by atoms with E-state index in [0.29, 0.717) is 6.04 Å². The van der Waals surface area contributed by atoms with Crippen LogP contribution in [0.4, 0.5) is 5.69 Å². The van der Waals surface area contributed by atoms with Gasteiger partial charge in [0.05, 0.1) is 6.10 Å². The summed E-state index contributed by atoms with van der Waals surface area (Å²) in [5.74, 6) is 0.913. The molecule has 0 spiro atoms. The summed E-state index contributed by atoms with van der Waals surface area (Å²) in [6, 6.07) is 8.52.